The summed E-state index contributed by atoms with van der Waals surface area (Å²) < 4.78 is 0. The first-order chi connectivity index (χ1) is 5.27. The largest absolute Gasteiger partial charge is 0.396 e. The van der Waals surface area contributed by atoms with Crippen molar-refractivity contribution in [2.45, 2.75) is 0 Å². The van der Waals surface area contributed by atoms with Gasteiger partial charge in [-0.2, -0.15) is 5.26 Å². The summed E-state index contributed by atoms with van der Waals surface area (Å²) in [5.41, 5.74) is 5.95. The number of nitrogens with two attached hydrogens (primary N) is 1. The van der Waals surface area contributed by atoms with Gasteiger partial charge in [-0.25, -0.2) is 9.97 Å². The van der Waals surface area contributed by atoms with E-state index in [1.165, 1.54) is 6.20 Å². The average Bonchev–Trinajstić information content (AvgIpc) is 2.05. The number of nitrogens with zero attached hydrogens (tertiary/aromatic N) is 3. The van der Waals surface area contributed by atoms with Gasteiger partial charge in [0.1, 0.15) is 11.8 Å². The minimum atomic E-state index is 0.0256. The first-order valence-electron chi connectivity index (χ1n) is 2.81. The van der Waals surface area contributed by atoms with Crippen molar-refractivity contribution in [3.8, 4) is 6.07 Å². The number of hydrogen-bond donors (Lipinski definition) is 2. The molecule has 5 heteroatoms. The van der Waals surface area contributed by atoms with Gasteiger partial charge in [0.2, 0.25) is 5.82 Å². The van der Waals surface area contributed by atoms with Gasteiger partial charge in [0.25, 0.3) is 0 Å². The Hall–Kier alpha value is -1.96. The molecule has 0 aliphatic rings. The van der Waals surface area contributed by atoms with Crippen molar-refractivity contribution in [2.75, 3.05) is 5.73 Å². The average molecular weight is 147 g/mol. The maximum atomic E-state index is 8.36. The molecule has 0 fully saturated rings. The Kier molecular flexibility index (Phi) is 1.79. The highest BCUT2D eigenvalue weighted by molar-refractivity contribution is 5.81. The van der Waals surface area contributed by atoms with Crippen LogP contribution in [-0.2, 0) is 0 Å². The standard InChI is InChI=1S/C6H5N5/c7-1-5-4(9)3-10-6(2-8)11-5/h1,3,7H,9H2. The van der Waals surface area contributed by atoms with Crippen LogP contribution in [0.15, 0.2) is 6.20 Å². The zero-order valence-corrected chi connectivity index (χ0v) is 5.57. The van der Waals surface area contributed by atoms with E-state index < -0.39 is 0 Å². The van der Waals surface area contributed by atoms with Crippen LogP contribution in [0.1, 0.15) is 11.5 Å². The maximum Gasteiger partial charge on any atom is 0.232 e. The lowest BCUT2D eigenvalue weighted by atomic mass is 10.3. The van der Waals surface area contributed by atoms with Crippen LogP contribution >= 0.6 is 0 Å². The molecule has 1 aromatic rings. The number of rotatable bonds is 1. The monoisotopic (exact) mass is 147 g/mol. The van der Waals surface area contributed by atoms with Crippen molar-refractivity contribution in [1.29, 1.82) is 10.7 Å². The van der Waals surface area contributed by atoms with E-state index in [0.29, 0.717) is 5.69 Å². The number of aromatic nitrogens is 2. The molecule has 5 nitrogen and oxygen atoms in total. The van der Waals surface area contributed by atoms with Gasteiger partial charge in [-0.15, -0.1) is 0 Å². The highest BCUT2D eigenvalue weighted by Gasteiger charge is 1.99. The molecule has 0 amide bonds. The van der Waals surface area contributed by atoms with E-state index in [1.807, 2.05) is 0 Å². The highest BCUT2D eigenvalue weighted by Crippen LogP contribution is 2.02. The molecule has 0 saturated heterocycles. The van der Waals surface area contributed by atoms with Gasteiger partial charge in [-0.1, -0.05) is 0 Å². The molecule has 11 heavy (non-hydrogen) atoms. The van der Waals surface area contributed by atoms with Gasteiger partial charge in [0, 0.05) is 6.21 Å². The van der Waals surface area contributed by atoms with Crippen molar-refractivity contribution in [3.05, 3.63) is 17.7 Å². The third kappa shape index (κ3) is 1.30. The summed E-state index contributed by atoms with van der Waals surface area (Å²) in [5, 5.41) is 15.2. The van der Waals surface area contributed by atoms with Crippen molar-refractivity contribution in [2.24, 2.45) is 0 Å². The molecule has 0 bridgehead atoms. The van der Waals surface area contributed by atoms with Gasteiger partial charge < -0.3 is 11.1 Å². The zero-order chi connectivity index (χ0) is 8.27. The summed E-state index contributed by atoms with van der Waals surface area (Å²) in [6.07, 6.45) is 2.30. The van der Waals surface area contributed by atoms with E-state index in [2.05, 4.69) is 9.97 Å². The SMILES string of the molecule is N#Cc1ncc(N)c(C=N)n1. The van der Waals surface area contributed by atoms with Crippen molar-refractivity contribution >= 4 is 11.9 Å². The van der Waals surface area contributed by atoms with Crippen molar-refractivity contribution < 1.29 is 0 Å². The molecule has 0 spiro atoms. The van der Waals surface area contributed by atoms with E-state index in [0.717, 1.165) is 6.21 Å². The fourth-order valence-corrected chi connectivity index (χ4v) is 0.574. The molecule has 1 heterocycles. The fraction of sp³-hybridized carbons (Fsp3) is 0. The Bertz CT molecular complexity index is 324. The normalized spacial score (nSPS) is 8.64. The Labute approximate surface area is 63.0 Å². The quantitative estimate of drug-likeness (QED) is 0.543. The second-order valence-corrected chi connectivity index (χ2v) is 1.79. The van der Waals surface area contributed by atoms with Crippen LogP contribution in [0.25, 0.3) is 0 Å². The van der Waals surface area contributed by atoms with Gasteiger partial charge in [0.05, 0.1) is 11.9 Å². The molecule has 0 aromatic carbocycles. The number of nitrogen functional groups attached to an aromatic ring is 1. The van der Waals surface area contributed by atoms with Crippen LogP contribution in [0.2, 0.25) is 0 Å². The van der Waals surface area contributed by atoms with Crippen LogP contribution in [0.5, 0.6) is 0 Å². The highest BCUT2D eigenvalue weighted by atomic mass is 14.9. The lowest BCUT2D eigenvalue weighted by molar-refractivity contribution is 1.11. The fourth-order valence-electron chi connectivity index (χ4n) is 0.574. The predicted molar refractivity (Wildman–Crippen MR) is 39.0 cm³/mol. The minimum absolute atomic E-state index is 0.0256. The van der Waals surface area contributed by atoms with Crippen LogP contribution in [0, 0.1) is 16.7 Å². The smallest absolute Gasteiger partial charge is 0.232 e. The zero-order valence-electron chi connectivity index (χ0n) is 5.57. The topological polar surface area (TPSA) is 99.4 Å². The van der Waals surface area contributed by atoms with Gasteiger partial charge in [-0.3, -0.25) is 0 Å². The first-order valence-corrected chi connectivity index (χ1v) is 2.81. The number of hydrogen-bond acceptors (Lipinski definition) is 5. The molecule has 54 valence electrons. The molecule has 0 atom stereocenters. The molecule has 0 aliphatic carbocycles. The summed E-state index contributed by atoms with van der Waals surface area (Å²) in [4.78, 5) is 7.27. The molecule has 0 aliphatic heterocycles. The van der Waals surface area contributed by atoms with Gasteiger partial charge in [-0.05, 0) is 0 Å². The summed E-state index contributed by atoms with van der Waals surface area (Å²) >= 11 is 0. The molecule has 0 unspecified atom stereocenters. The van der Waals surface area contributed by atoms with E-state index in [-0.39, 0.29) is 11.5 Å². The Morgan fingerprint density at radius 1 is 1.73 bits per heavy atom. The molecule has 0 saturated carbocycles. The summed E-state index contributed by atoms with van der Waals surface area (Å²) in [7, 11) is 0. The van der Waals surface area contributed by atoms with Gasteiger partial charge in [0.15, 0.2) is 0 Å². The Morgan fingerprint density at radius 2 is 2.45 bits per heavy atom. The molecular weight excluding hydrogens is 142 g/mol. The lowest BCUT2D eigenvalue weighted by Gasteiger charge is -1.95. The van der Waals surface area contributed by atoms with Crippen LogP contribution < -0.4 is 5.73 Å². The van der Waals surface area contributed by atoms with Crippen molar-refractivity contribution in [3.63, 3.8) is 0 Å². The van der Waals surface area contributed by atoms with Gasteiger partial charge >= 0.3 is 0 Å². The molecule has 1 rings (SSSR count). The second-order valence-electron chi connectivity index (χ2n) is 1.79. The van der Waals surface area contributed by atoms with E-state index in [4.69, 9.17) is 16.4 Å². The molecular formula is C6H5N5. The van der Waals surface area contributed by atoms with E-state index in [9.17, 15) is 0 Å². The molecule has 1 aromatic heterocycles. The van der Waals surface area contributed by atoms with Crippen LogP contribution in [0.3, 0.4) is 0 Å². The molecule has 0 radical (unpaired) electrons. The summed E-state index contributed by atoms with van der Waals surface area (Å²) in [5.74, 6) is 0.0256. The number of anilines is 1. The van der Waals surface area contributed by atoms with Crippen LogP contribution in [0.4, 0.5) is 5.69 Å². The Balaban J connectivity index is 3.25. The third-order valence-corrected chi connectivity index (χ3v) is 1.08. The second kappa shape index (κ2) is 2.75. The maximum absolute atomic E-state index is 8.36. The predicted octanol–water partition coefficient (Wildman–Crippen LogP) is -0.0719. The third-order valence-electron chi connectivity index (χ3n) is 1.08. The number of nitrogens with one attached hydrogen (secondary N) is 1. The summed E-state index contributed by atoms with van der Waals surface area (Å²) in [6, 6.07) is 1.75. The minimum Gasteiger partial charge on any atom is -0.396 e. The first kappa shape index (κ1) is 7.15. The van der Waals surface area contributed by atoms with Crippen LogP contribution in [-0.4, -0.2) is 16.2 Å². The molecule has 3 N–H and O–H groups in total. The van der Waals surface area contributed by atoms with E-state index in [1.54, 1.807) is 6.07 Å². The number of nitriles is 1. The summed E-state index contributed by atoms with van der Waals surface area (Å²) in [6.45, 7) is 0. The van der Waals surface area contributed by atoms with E-state index >= 15 is 0 Å². The Morgan fingerprint density at radius 3 is 3.00 bits per heavy atom. The van der Waals surface area contributed by atoms with Crippen molar-refractivity contribution in [1.82, 2.24) is 9.97 Å². The lowest BCUT2D eigenvalue weighted by Crippen LogP contribution is -2.00.